The van der Waals surface area contributed by atoms with Crippen LogP contribution < -0.4 is 5.73 Å². The highest BCUT2D eigenvalue weighted by atomic mass is 35.5. The Kier molecular flexibility index (Phi) is 3.85. The lowest BCUT2D eigenvalue weighted by Crippen LogP contribution is -2.03. The van der Waals surface area contributed by atoms with Crippen LogP contribution in [0.15, 0.2) is 24.3 Å². The number of anilines is 1. The van der Waals surface area contributed by atoms with E-state index < -0.39 is 5.97 Å². The van der Waals surface area contributed by atoms with Crippen LogP contribution in [0.25, 0.3) is 11.3 Å². The van der Waals surface area contributed by atoms with Crippen LogP contribution in [0.1, 0.15) is 10.5 Å². The number of benzene rings is 1. The van der Waals surface area contributed by atoms with Gasteiger partial charge in [-0.25, -0.2) is 9.78 Å². The van der Waals surface area contributed by atoms with E-state index >= 15 is 0 Å². The second kappa shape index (κ2) is 5.25. The predicted molar refractivity (Wildman–Crippen MR) is 76.1 cm³/mol. The van der Waals surface area contributed by atoms with Gasteiger partial charge in [-0.2, -0.15) is 0 Å². The summed E-state index contributed by atoms with van der Waals surface area (Å²) >= 11 is 17.8. The first-order valence-corrected chi connectivity index (χ1v) is 6.18. The fraction of sp³-hybridized carbons (Fsp3) is 0. The molecule has 0 atom stereocenters. The standard InChI is InChI=1S/C12H7Cl3N2O2/c13-6-4-8(15)7(14)3-5(6)11-9(16)1-2-10(17-11)12(18)19/h1-4H,16H2,(H,18,19). The molecule has 0 saturated carbocycles. The highest BCUT2D eigenvalue weighted by Gasteiger charge is 2.15. The molecular formula is C12H7Cl3N2O2. The first-order chi connectivity index (χ1) is 8.90. The number of nitrogen functional groups attached to an aromatic ring is 1. The molecule has 3 N–H and O–H groups in total. The maximum atomic E-state index is 10.9. The molecular weight excluding hydrogens is 311 g/mol. The first kappa shape index (κ1) is 13.9. The van der Waals surface area contributed by atoms with Gasteiger partial charge in [-0.3, -0.25) is 0 Å². The van der Waals surface area contributed by atoms with Crippen molar-refractivity contribution in [1.82, 2.24) is 4.98 Å². The molecule has 0 spiro atoms. The van der Waals surface area contributed by atoms with E-state index in [1.807, 2.05) is 0 Å². The number of hydrogen-bond donors (Lipinski definition) is 2. The van der Waals surface area contributed by atoms with Gasteiger partial charge >= 0.3 is 5.97 Å². The molecule has 19 heavy (non-hydrogen) atoms. The minimum atomic E-state index is -1.16. The van der Waals surface area contributed by atoms with Crippen LogP contribution in [0.5, 0.6) is 0 Å². The normalized spacial score (nSPS) is 10.5. The SMILES string of the molecule is Nc1ccc(C(=O)O)nc1-c1cc(Cl)c(Cl)cc1Cl. The van der Waals surface area contributed by atoms with Gasteiger partial charge in [0.05, 0.1) is 26.4 Å². The van der Waals surface area contributed by atoms with Crippen LogP contribution in [-0.4, -0.2) is 16.1 Å². The van der Waals surface area contributed by atoms with E-state index in [9.17, 15) is 4.79 Å². The molecule has 0 bridgehead atoms. The second-order valence-corrected chi connectivity index (χ2v) is 4.91. The number of hydrogen-bond acceptors (Lipinski definition) is 3. The first-order valence-electron chi connectivity index (χ1n) is 5.05. The Bertz CT molecular complexity index is 674. The minimum absolute atomic E-state index is 0.133. The van der Waals surface area contributed by atoms with E-state index in [1.54, 1.807) is 0 Å². The average molecular weight is 318 g/mol. The van der Waals surface area contributed by atoms with Gasteiger partial charge in [0.15, 0.2) is 0 Å². The van der Waals surface area contributed by atoms with E-state index in [-0.39, 0.29) is 21.4 Å². The van der Waals surface area contributed by atoms with Crippen LogP contribution in [0.4, 0.5) is 5.69 Å². The van der Waals surface area contributed by atoms with E-state index in [1.165, 1.54) is 24.3 Å². The van der Waals surface area contributed by atoms with Crippen molar-refractivity contribution >= 4 is 46.5 Å². The van der Waals surface area contributed by atoms with E-state index in [0.717, 1.165) is 0 Å². The molecule has 0 saturated heterocycles. The van der Waals surface area contributed by atoms with Crippen molar-refractivity contribution in [3.05, 3.63) is 45.0 Å². The van der Waals surface area contributed by atoms with Gasteiger partial charge in [-0.15, -0.1) is 0 Å². The van der Waals surface area contributed by atoms with Crippen molar-refractivity contribution < 1.29 is 9.90 Å². The number of carboxylic acids is 1. The summed E-state index contributed by atoms with van der Waals surface area (Å²) in [4.78, 5) is 14.9. The number of aromatic nitrogens is 1. The minimum Gasteiger partial charge on any atom is -0.477 e. The molecule has 4 nitrogen and oxygen atoms in total. The van der Waals surface area contributed by atoms with Gasteiger partial charge in [0.1, 0.15) is 5.69 Å². The molecule has 1 heterocycles. The number of nitrogens with zero attached hydrogens (tertiary/aromatic N) is 1. The number of rotatable bonds is 2. The van der Waals surface area contributed by atoms with Crippen LogP contribution in [0.3, 0.4) is 0 Å². The molecule has 0 aliphatic heterocycles. The fourth-order valence-corrected chi connectivity index (χ4v) is 2.15. The van der Waals surface area contributed by atoms with E-state index in [4.69, 9.17) is 45.6 Å². The molecule has 0 amide bonds. The molecule has 1 aromatic carbocycles. The summed E-state index contributed by atoms with van der Waals surface area (Å²) in [5.41, 5.74) is 6.63. The number of carboxylic acid groups (broad SMARTS) is 1. The molecule has 98 valence electrons. The zero-order valence-electron chi connectivity index (χ0n) is 9.32. The van der Waals surface area contributed by atoms with E-state index in [0.29, 0.717) is 16.3 Å². The van der Waals surface area contributed by atoms with Gasteiger partial charge in [0, 0.05) is 5.56 Å². The number of halogens is 3. The molecule has 0 radical (unpaired) electrons. The number of nitrogens with two attached hydrogens (primary N) is 1. The van der Waals surface area contributed by atoms with Crippen LogP contribution >= 0.6 is 34.8 Å². The zero-order chi connectivity index (χ0) is 14.2. The summed E-state index contributed by atoms with van der Waals surface area (Å²) in [6.45, 7) is 0. The summed E-state index contributed by atoms with van der Waals surface area (Å²) in [5, 5.41) is 9.80. The molecule has 1 aromatic heterocycles. The third-order valence-corrected chi connectivity index (χ3v) is 3.45. The van der Waals surface area contributed by atoms with Crippen molar-refractivity contribution in [2.75, 3.05) is 5.73 Å². The monoisotopic (exact) mass is 316 g/mol. The Balaban J connectivity index is 2.67. The third kappa shape index (κ3) is 2.76. The summed E-state index contributed by atoms with van der Waals surface area (Å²) in [5.74, 6) is -1.16. The Morgan fingerprint density at radius 1 is 1.11 bits per heavy atom. The molecule has 0 aliphatic rings. The van der Waals surface area contributed by atoms with Crippen molar-refractivity contribution in [1.29, 1.82) is 0 Å². The maximum Gasteiger partial charge on any atom is 0.354 e. The zero-order valence-corrected chi connectivity index (χ0v) is 11.6. The van der Waals surface area contributed by atoms with Crippen molar-refractivity contribution in [3.8, 4) is 11.3 Å². The fourth-order valence-electron chi connectivity index (χ4n) is 1.51. The Hall–Kier alpha value is -1.49. The Labute approximate surface area is 123 Å². The quantitative estimate of drug-likeness (QED) is 0.821. The van der Waals surface area contributed by atoms with Gasteiger partial charge in [-0.05, 0) is 24.3 Å². The molecule has 2 aromatic rings. The average Bonchev–Trinajstić information content (AvgIpc) is 2.34. The third-order valence-electron chi connectivity index (χ3n) is 2.41. The highest BCUT2D eigenvalue weighted by Crippen LogP contribution is 2.36. The molecule has 7 heteroatoms. The largest absolute Gasteiger partial charge is 0.477 e. The van der Waals surface area contributed by atoms with E-state index in [2.05, 4.69) is 4.98 Å². The number of carbonyl (C=O) groups is 1. The van der Waals surface area contributed by atoms with Crippen LogP contribution in [-0.2, 0) is 0 Å². The lowest BCUT2D eigenvalue weighted by Gasteiger charge is -2.09. The summed E-state index contributed by atoms with van der Waals surface area (Å²) < 4.78 is 0. The second-order valence-electron chi connectivity index (χ2n) is 3.69. The summed E-state index contributed by atoms with van der Waals surface area (Å²) in [6, 6.07) is 5.71. The van der Waals surface area contributed by atoms with Gasteiger partial charge < -0.3 is 10.8 Å². The van der Waals surface area contributed by atoms with Crippen molar-refractivity contribution in [3.63, 3.8) is 0 Å². The molecule has 0 unspecified atom stereocenters. The van der Waals surface area contributed by atoms with Gasteiger partial charge in [0.2, 0.25) is 0 Å². The van der Waals surface area contributed by atoms with Crippen LogP contribution in [0, 0.1) is 0 Å². The predicted octanol–water partition coefficient (Wildman–Crippen LogP) is 3.99. The Morgan fingerprint density at radius 3 is 2.37 bits per heavy atom. The smallest absolute Gasteiger partial charge is 0.354 e. The molecule has 0 aliphatic carbocycles. The highest BCUT2D eigenvalue weighted by molar-refractivity contribution is 6.44. The Morgan fingerprint density at radius 2 is 1.74 bits per heavy atom. The van der Waals surface area contributed by atoms with Crippen molar-refractivity contribution in [2.45, 2.75) is 0 Å². The number of pyridine rings is 1. The summed E-state index contributed by atoms with van der Waals surface area (Å²) in [7, 11) is 0. The van der Waals surface area contributed by atoms with Crippen LogP contribution in [0.2, 0.25) is 15.1 Å². The number of aromatic carboxylic acids is 1. The summed E-state index contributed by atoms with van der Waals surface area (Å²) in [6.07, 6.45) is 0. The molecule has 0 fully saturated rings. The lowest BCUT2D eigenvalue weighted by molar-refractivity contribution is 0.0690. The topological polar surface area (TPSA) is 76.2 Å². The van der Waals surface area contributed by atoms with Crippen molar-refractivity contribution in [2.24, 2.45) is 0 Å². The van der Waals surface area contributed by atoms with Gasteiger partial charge in [-0.1, -0.05) is 34.8 Å². The van der Waals surface area contributed by atoms with Gasteiger partial charge in [0.25, 0.3) is 0 Å². The lowest BCUT2D eigenvalue weighted by atomic mass is 10.1. The molecule has 2 rings (SSSR count). The maximum absolute atomic E-state index is 10.9.